The third-order valence-electron chi connectivity index (χ3n) is 7.02. The zero-order valence-electron chi connectivity index (χ0n) is 18.5. The predicted molar refractivity (Wildman–Crippen MR) is 122 cm³/mol. The zero-order valence-corrected chi connectivity index (χ0v) is 19.3. The van der Waals surface area contributed by atoms with Crippen LogP contribution in [0.2, 0.25) is 0 Å². The summed E-state index contributed by atoms with van der Waals surface area (Å²) in [6.45, 7) is 5.24. The first-order valence-corrected chi connectivity index (χ1v) is 12.5. The van der Waals surface area contributed by atoms with Crippen LogP contribution >= 0.6 is 11.3 Å². The fourth-order valence-electron chi connectivity index (χ4n) is 5.20. The van der Waals surface area contributed by atoms with E-state index in [4.69, 9.17) is 5.73 Å². The Hall–Kier alpha value is -1.93. The number of thiophene rings is 1. The Morgan fingerprint density at radius 2 is 1.77 bits per heavy atom. The molecule has 3 N–H and O–H groups in total. The molecule has 7 nitrogen and oxygen atoms in total. The van der Waals surface area contributed by atoms with Crippen LogP contribution in [0.1, 0.15) is 66.2 Å². The van der Waals surface area contributed by atoms with Gasteiger partial charge < -0.3 is 16.0 Å². The van der Waals surface area contributed by atoms with Crippen LogP contribution in [0.5, 0.6) is 0 Å². The number of carbonyl (C=O) groups is 3. The van der Waals surface area contributed by atoms with E-state index in [1.54, 1.807) is 0 Å². The standard InChI is InChI=1S/C23H34N4O3S/c1-15-7-8-17-18(13-15)31-22(20(17)21(24)29)25-19(28)14-26-9-11-27(12-10-26)23(30)16-5-3-2-4-6-16/h15-16H,2-14H2,1H3,(H2,24,29)(H,25,28)/t15-/m1/s1. The molecule has 2 heterocycles. The number of primary amides is 1. The summed E-state index contributed by atoms with van der Waals surface area (Å²) in [5.74, 6) is 0.498. The number of nitrogens with two attached hydrogens (primary N) is 1. The predicted octanol–water partition coefficient (Wildman–Crippen LogP) is 2.63. The van der Waals surface area contributed by atoms with Crippen molar-refractivity contribution in [3.63, 3.8) is 0 Å². The normalized spacial score (nSPS) is 22.7. The second kappa shape index (κ2) is 9.69. The molecule has 31 heavy (non-hydrogen) atoms. The number of hydrogen-bond donors (Lipinski definition) is 2. The number of anilines is 1. The molecule has 3 aliphatic rings. The second-order valence-electron chi connectivity index (χ2n) is 9.40. The molecular weight excluding hydrogens is 412 g/mol. The first kappa shape index (κ1) is 22.3. The molecule has 3 amide bonds. The van der Waals surface area contributed by atoms with E-state index < -0.39 is 5.91 Å². The quantitative estimate of drug-likeness (QED) is 0.727. The number of carbonyl (C=O) groups excluding carboxylic acids is 3. The molecule has 1 aromatic heterocycles. The average Bonchev–Trinajstić information content (AvgIpc) is 3.11. The molecule has 4 rings (SSSR count). The first-order valence-electron chi connectivity index (χ1n) is 11.7. The number of fused-ring (bicyclic) bond motifs is 1. The number of nitrogens with one attached hydrogen (secondary N) is 1. The number of nitrogens with zero attached hydrogens (tertiary/aromatic N) is 2. The van der Waals surface area contributed by atoms with Crippen molar-refractivity contribution >= 4 is 34.1 Å². The van der Waals surface area contributed by atoms with E-state index >= 15 is 0 Å². The van der Waals surface area contributed by atoms with Gasteiger partial charge in [-0.3, -0.25) is 19.3 Å². The molecular formula is C23H34N4O3S. The van der Waals surface area contributed by atoms with Gasteiger partial charge in [-0.25, -0.2) is 0 Å². The lowest BCUT2D eigenvalue weighted by atomic mass is 9.88. The molecule has 0 bridgehead atoms. The van der Waals surface area contributed by atoms with Gasteiger partial charge in [-0.1, -0.05) is 26.2 Å². The van der Waals surface area contributed by atoms with Crippen LogP contribution in [0.25, 0.3) is 0 Å². The van der Waals surface area contributed by atoms with Gasteiger partial charge in [-0.05, 0) is 43.6 Å². The highest BCUT2D eigenvalue weighted by Gasteiger charge is 2.30. The highest BCUT2D eigenvalue weighted by Crippen LogP contribution is 2.39. The van der Waals surface area contributed by atoms with E-state index in [1.165, 1.54) is 22.6 Å². The van der Waals surface area contributed by atoms with Gasteiger partial charge in [0.15, 0.2) is 0 Å². The van der Waals surface area contributed by atoms with Crippen molar-refractivity contribution in [3.05, 3.63) is 16.0 Å². The minimum absolute atomic E-state index is 0.124. The third kappa shape index (κ3) is 5.12. The lowest BCUT2D eigenvalue weighted by molar-refractivity contribution is -0.138. The Balaban J connectivity index is 1.31. The molecule has 170 valence electrons. The van der Waals surface area contributed by atoms with Gasteiger partial charge in [0.25, 0.3) is 5.91 Å². The molecule has 1 atom stereocenters. The molecule has 8 heteroatoms. The van der Waals surface area contributed by atoms with Crippen LogP contribution in [0.3, 0.4) is 0 Å². The molecule has 0 unspecified atom stereocenters. The van der Waals surface area contributed by atoms with E-state index in [0.717, 1.165) is 50.5 Å². The minimum Gasteiger partial charge on any atom is -0.365 e. The van der Waals surface area contributed by atoms with Gasteiger partial charge >= 0.3 is 0 Å². The van der Waals surface area contributed by atoms with Crippen molar-refractivity contribution in [2.45, 2.75) is 58.3 Å². The van der Waals surface area contributed by atoms with E-state index in [2.05, 4.69) is 17.1 Å². The molecule has 1 aromatic rings. The number of piperazine rings is 1. The Bertz CT molecular complexity index is 838. The summed E-state index contributed by atoms with van der Waals surface area (Å²) in [6, 6.07) is 0. The van der Waals surface area contributed by atoms with Gasteiger partial charge in [0, 0.05) is 37.0 Å². The fraction of sp³-hybridized carbons (Fsp3) is 0.696. The number of hydrogen-bond acceptors (Lipinski definition) is 5. The molecule has 1 saturated carbocycles. The lowest BCUT2D eigenvalue weighted by Crippen LogP contribution is -2.52. The monoisotopic (exact) mass is 446 g/mol. The second-order valence-corrected chi connectivity index (χ2v) is 10.5. The minimum atomic E-state index is -0.461. The Morgan fingerprint density at radius 3 is 2.45 bits per heavy atom. The number of amides is 3. The summed E-state index contributed by atoms with van der Waals surface area (Å²) in [6.07, 6.45) is 8.44. The van der Waals surface area contributed by atoms with Crippen LogP contribution in [0.15, 0.2) is 0 Å². The van der Waals surface area contributed by atoms with Gasteiger partial charge in [-0.15, -0.1) is 11.3 Å². The molecule has 2 fully saturated rings. The molecule has 0 aromatic carbocycles. The van der Waals surface area contributed by atoms with Crippen molar-refractivity contribution in [3.8, 4) is 0 Å². The van der Waals surface area contributed by atoms with E-state index in [-0.39, 0.29) is 18.4 Å². The van der Waals surface area contributed by atoms with Gasteiger partial charge in [-0.2, -0.15) is 0 Å². The van der Waals surface area contributed by atoms with Gasteiger partial charge in [0.1, 0.15) is 5.00 Å². The maximum absolute atomic E-state index is 12.7. The van der Waals surface area contributed by atoms with Crippen LogP contribution in [0.4, 0.5) is 5.00 Å². The van der Waals surface area contributed by atoms with Crippen LogP contribution in [-0.4, -0.2) is 60.2 Å². The van der Waals surface area contributed by atoms with Crippen molar-refractivity contribution < 1.29 is 14.4 Å². The van der Waals surface area contributed by atoms with Crippen molar-refractivity contribution in [1.29, 1.82) is 0 Å². The SMILES string of the molecule is C[C@@H]1CCc2c(sc(NC(=O)CN3CCN(C(=O)C4CCCCC4)CC3)c2C(N)=O)C1. The van der Waals surface area contributed by atoms with Gasteiger partial charge in [0.05, 0.1) is 12.1 Å². The Kier molecular flexibility index (Phi) is 6.96. The van der Waals surface area contributed by atoms with Crippen molar-refractivity contribution in [2.75, 3.05) is 38.0 Å². The molecule has 1 aliphatic heterocycles. The fourth-order valence-corrected chi connectivity index (χ4v) is 6.64. The number of rotatable bonds is 5. The average molecular weight is 447 g/mol. The zero-order chi connectivity index (χ0) is 22.0. The Labute approximate surface area is 188 Å². The summed E-state index contributed by atoms with van der Waals surface area (Å²) in [5, 5.41) is 3.55. The van der Waals surface area contributed by atoms with Crippen LogP contribution in [0, 0.1) is 11.8 Å². The molecule has 0 radical (unpaired) electrons. The maximum atomic E-state index is 12.7. The summed E-state index contributed by atoms with van der Waals surface area (Å²) < 4.78 is 0. The summed E-state index contributed by atoms with van der Waals surface area (Å²) >= 11 is 1.50. The largest absolute Gasteiger partial charge is 0.365 e. The topological polar surface area (TPSA) is 95.7 Å². The first-order chi connectivity index (χ1) is 14.9. The smallest absolute Gasteiger partial charge is 0.251 e. The van der Waals surface area contributed by atoms with E-state index in [9.17, 15) is 14.4 Å². The highest BCUT2D eigenvalue weighted by atomic mass is 32.1. The maximum Gasteiger partial charge on any atom is 0.251 e. The third-order valence-corrected chi connectivity index (χ3v) is 8.19. The Morgan fingerprint density at radius 1 is 1.06 bits per heavy atom. The van der Waals surface area contributed by atoms with E-state index in [0.29, 0.717) is 48.6 Å². The highest BCUT2D eigenvalue weighted by molar-refractivity contribution is 7.17. The van der Waals surface area contributed by atoms with Gasteiger partial charge in [0.2, 0.25) is 11.8 Å². The van der Waals surface area contributed by atoms with Crippen molar-refractivity contribution in [1.82, 2.24) is 9.80 Å². The molecule has 0 spiro atoms. The summed E-state index contributed by atoms with van der Waals surface area (Å²) in [7, 11) is 0. The van der Waals surface area contributed by atoms with E-state index in [1.807, 2.05) is 4.90 Å². The summed E-state index contributed by atoms with van der Waals surface area (Å²) in [4.78, 5) is 42.8. The molecule has 1 saturated heterocycles. The molecule has 2 aliphatic carbocycles. The lowest BCUT2D eigenvalue weighted by Gasteiger charge is -2.36. The summed E-state index contributed by atoms with van der Waals surface area (Å²) in [5.41, 5.74) is 7.18. The van der Waals surface area contributed by atoms with Crippen molar-refractivity contribution in [2.24, 2.45) is 17.6 Å². The van der Waals surface area contributed by atoms with Crippen LogP contribution in [-0.2, 0) is 22.4 Å². The van der Waals surface area contributed by atoms with Crippen LogP contribution < -0.4 is 11.1 Å².